The molecule has 1 rings (SSSR count). The van der Waals surface area contributed by atoms with Crippen molar-refractivity contribution in [1.29, 1.82) is 0 Å². The molecule has 7 nitrogen and oxygen atoms in total. The summed E-state index contributed by atoms with van der Waals surface area (Å²) in [7, 11) is -6.29. The molecule has 0 unspecified atom stereocenters. The average Bonchev–Trinajstić information content (AvgIpc) is 2.94. The van der Waals surface area contributed by atoms with Gasteiger partial charge >= 0.3 is 5.97 Å². The fourth-order valence-corrected chi connectivity index (χ4v) is 14.3. The van der Waals surface area contributed by atoms with Crippen molar-refractivity contribution >= 4 is 30.9 Å². The van der Waals surface area contributed by atoms with E-state index in [0.717, 1.165) is 54.4 Å². The molecule has 2 N–H and O–H groups in total. The minimum atomic E-state index is -2.14. The van der Waals surface area contributed by atoms with Gasteiger partial charge in [-0.1, -0.05) is 62.3 Å². The van der Waals surface area contributed by atoms with Crippen LogP contribution in [0.4, 0.5) is 0 Å². The first kappa shape index (κ1) is 34.9. The van der Waals surface area contributed by atoms with Crippen LogP contribution in [-0.2, 0) is 27.5 Å². The van der Waals surface area contributed by atoms with Crippen molar-refractivity contribution < 1.29 is 27.5 Å². The van der Waals surface area contributed by atoms with Crippen LogP contribution in [0.3, 0.4) is 0 Å². The number of carbonyl (C=O) groups is 1. The van der Waals surface area contributed by atoms with Crippen molar-refractivity contribution in [2.24, 2.45) is 5.73 Å². The van der Waals surface area contributed by atoms with Gasteiger partial charge in [0.1, 0.15) is 18.3 Å². The summed E-state index contributed by atoms with van der Waals surface area (Å²) in [6.45, 7) is 22.4. The number of esters is 1. The molecule has 1 heterocycles. The highest BCUT2D eigenvalue weighted by Crippen LogP contribution is 2.39. The largest absolute Gasteiger partial charge is 0.464 e. The molecule has 0 aromatic rings. The molecular formula is C27H59NO6Si3. The molecule has 10 heteroatoms. The second-order valence-corrected chi connectivity index (χ2v) is 24.7. The highest BCUT2D eigenvalue weighted by molar-refractivity contribution is 6.74. The fourth-order valence-electron chi connectivity index (χ4n) is 5.79. The highest BCUT2D eigenvalue weighted by Gasteiger charge is 2.56. The summed E-state index contributed by atoms with van der Waals surface area (Å²) in [4.78, 5) is 13.4. The molecule has 1 saturated heterocycles. The zero-order chi connectivity index (χ0) is 28.3. The van der Waals surface area contributed by atoms with Gasteiger partial charge in [0.25, 0.3) is 0 Å². The number of hydrogen-bond donors (Lipinski definition) is 1. The summed E-state index contributed by atoms with van der Waals surface area (Å²) in [6.07, 6.45) is -2.65. The third-order valence-corrected chi connectivity index (χ3v) is 23.3. The fraction of sp³-hybridized carbons (Fsp3) is 0.963. The highest BCUT2D eigenvalue weighted by atomic mass is 28.4. The second kappa shape index (κ2) is 16.2. The summed E-state index contributed by atoms with van der Waals surface area (Å²) in [5, 5.41) is 0. The average molecular weight is 578 g/mol. The molecule has 37 heavy (non-hydrogen) atoms. The van der Waals surface area contributed by atoms with Crippen molar-refractivity contribution in [3.05, 3.63) is 0 Å². The third kappa shape index (κ3) is 8.22. The van der Waals surface area contributed by atoms with E-state index in [1.165, 1.54) is 0 Å². The molecule has 0 saturated carbocycles. The summed E-state index contributed by atoms with van der Waals surface area (Å²) in [5.74, 6) is -0.383. The lowest BCUT2D eigenvalue weighted by molar-refractivity contribution is -0.218. The first-order valence-corrected chi connectivity index (χ1v) is 22.8. The predicted octanol–water partition coefficient (Wildman–Crippen LogP) is 6.45. The van der Waals surface area contributed by atoms with E-state index in [1.807, 2.05) is 6.92 Å². The number of ether oxygens (including phenoxy) is 2. The third-order valence-electron chi connectivity index (χ3n) is 9.34. The van der Waals surface area contributed by atoms with Crippen LogP contribution in [0.25, 0.3) is 0 Å². The smallest absolute Gasteiger partial charge is 0.338 e. The number of rotatable bonds is 18. The summed E-state index contributed by atoms with van der Waals surface area (Å²) >= 11 is 0. The van der Waals surface area contributed by atoms with Crippen LogP contribution < -0.4 is 5.73 Å². The van der Waals surface area contributed by atoms with Crippen LogP contribution >= 0.6 is 0 Å². The molecule has 0 aromatic heterocycles. The van der Waals surface area contributed by atoms with Gasteiger partial charge in [0.05, 0.1) is 12.7 Å². The van der Waals surface area contributed by atoms with Gasteiger partial charge < -0.3 is 28.5 Å². The maximum atomic E-state index is 13.4. The van der Waals surface area contributed by atoms with Crippen LogP contribution in [0.15, 0.2) is 0 Å². The van der Waals surface area contributed by atoms with Crippen LogP contribution in [0.1, 0.15) is 69.2 Å². The minimum Gasteiger partial charge on any atom is -0.464 e. The van der Waals surface area contributed by atoms with Gasteiger partial charge in [-0.2, -0.15) is 0 Å². The second-order valence-electron chi connectivity index (χ2n) is 10.6. The molecule has 0 radical (unpaired) electrons. The maximum absolute atomic E-state index is 13.4. The monoisotopic (exact) mass is 577 g/mol. The Morgan fingerprint density at radius 1 is 0.622 bits per heavy atom. The number of carbonyl (C=O) groups excluding carboxylic acids is 1. The lowest BCUT2D eigenvalue weighted by atomic mass is 9.95. The first-order valence-electron chi connectivity index (χ1n) is 15.2. The Hall–Kier alpha value is -0.0794. The topological polar surface area (TPSA) is 89.2 Å². The van der Waals surface area contributed by atoms with E-state index in [1.54, 1.807) is 0 Å². The van der Waals surface area contributed by atoms with Crippen LogP contribution in [0.2, 0.25) is 54.4 Å². The Bertz CT molecular complexity index is 633. The molecule has 1 aliphatic heterocycles. The number of hydrogen-bond acceptors (Lipinski definition) is 7. The molecule has 0 aromatic carbocycles. The van der Waals surface area contributed by atoms with E-state index in [0.29, 0.717) is 0 Å². The van der Waals surface area contributed by atoms with Crippen LogP contribution in [0, 0.1) is 0 Å². The SMILES string of the molecule is CCOC(=O)[C@@H]1O[C@H](CN)[C@@H](O[Si](CC)(CC)CC)[C@H](O[Si](CC)(CC)CC)[C@H]1O[Si](CC)(CC)CC. The van der Waals surface area contributed by atoms with E-state index < -0.39 is 49.4 Å². The Morgan fingerprint density at radius 2 is 0.973 bits per heavy atom. The quantitative estimate of drug-likeness (QED) is 0.148. The molecule has 1 fully saturated rings. The van der Waals surface area contributed by atoms with Gasteiger partial charge in [-0.25, -0.2) is 4.79 Å². The Labute approximate surface area is 231 Å². The maximum Gasteiger partial charge on any atom is 0.338 e. The zero-order valence-corrected chi connectivity index (χ0v) is 28.7. The molecular weight excluding hydrogens is 519 g/mol. The lowest BCUT2D eigenvalue weighted by Gasteiger charge is -2.52. The van der Waals surface area contributed by atoms with Crippen LogP contribution in [-0.4, -0.2) is 74.6 Å². The summed E-state index contributed by atoms with van der Waals surface area (Å²) < 4.78 is 33.6. The van der Waals surface area contributed by atoms with Crippen LogP contribution in [0.5, 0.6) is 0 Å². The van der Waals surface area contributed by atoms with E-state index in [9.17, 15) is 4.79 Å². The van der Waals surface area contributed by atoms with E-state index >= 15 is 0 Å². The lowest BCUT2D eigenvalue weighted by Crippen LogP contribution is -2.69. The summed E-state index contributed by atoms with van der Waals surface area (Å²) in [5.41, 5.74) is 6.33. The molecule has 0 bridgehead atoms. The van der Waals surface area contributed by atoms with Gasteiger partial charge in [0, 0.05) is 6.54 Å². The van der Waals surface area contributed by atoms with Gasteiger partial charge in [-0.3, -0.25) is 0 Å². The first-order chi connectivity index (χ1) is 17.6. The van der Waals surface area contributed by atoms with E-state index in [4.69, 9.17) is 28.5 Å². The molecule has 5 atom stereocenters. The van der Waals surface area contributed by atoms with Crippen molar-refractivity contribution in [3.8, 4) is 0 Å². The van der Waals surface area contributed by atoms with Crippen molar-refractivity contribution in [2.75, 3.05) is 13.2 Å². The van der Waals surface area contributed by atoms with Gasteiger partial charge in [-0.15, -0.1) is 0 Å². The van der Waals surface area contributed by atoms with E-state index in [2.05, 4.69) is 62.3 Å². The predicted molar refractivity (Wildman–Crippen MR) is 161 cm³/mol. The molecule has 0 aliphatic carbocycles. The standard InChI is InChI=1S/C27H59NO6Si3/c1-11-30-27(29)26-25(34-37(18-8,19-9)20-10)24(33-36(15-5,16-6)17-7)23(22(21-28)31-26)32-35(12-2,13-3)14-4/h22-26H,11-21,28H2,1-10H3/t22-,23-,24+,25-,26-/m1/s1. The minimum absolute atomic E-state index is 0.256. The van der Waals surface area contributed by atoms with Gasteiger partial charge in [-0.05, 0) is 61.3 Å². The summed E-state index contributed by atoms with van der Waals surface area (Å²) in [6, 6.07) is 8.98. The van der Waals surface area contributed by atoms with Crippen molar-refractivity contribution in [1.82, 2.24) is 0 Å². The molecule has 0 spiro atoms. The van der Waals surface area contributed by atoms with Gasteiger partial charge in [0.2, 0.25) is 0 Å². The van der Waals surface area contributed by atoms with Gasteiger partial charge in [0.15, 0.2) is 31.1 Å². The normalized spacial score (nSPS) is 25.3. The zero-order valence-electron chi connectivity index (χ0n) is 25.7. The number of nitrogens with two attached hydrogens (primary N) is 1. The molecule has 220 valence electrons. The Balaban J connectivity index is 3.81. The molecule has 0 amide bonds. The van der Waals surface area contributed by atoms with Crippen molar-refractivity contribution in [3.63, 3.8) is 0 Å². The van der Waals surface area contributed by atoms with Crippen molar-refractivity contribution in [2.45, 2.75) is 154 Å². The Kier molecular flexibility index (Phi) is 15.3. The Morgan fingerprint density at radius 3 is 1.30 bits per heavy atom. The molecule has 1 aliphatic rings. The van der Waals surface area contributed by atoms with E-state index in [-0.39, 0.29) is 25.2 Å².